The van der Waals surface area contributed by atoms with Crippen molar-refractivity contribution in [3.8, 4) is 0 Å². The normalized spacial score (nSPS) is 23.4. The van der Waals surface area contributed by atoms with Gasteiger partial charge < -0.3 is 4.90 Å². The molecule has 1 aliphatic heterocycles. The molecule has 1 aromatic rings. The lowest BCUT2D eigenvalue weighted by Gasteiger charge is -2.36. The van der Waals surface area contributed by atoms with Gasteiger partial charge in [-0.2, -0.15) is 4.31 Å². The Morgan fingerprint density at radius 2 is 1.65 bits per heavy atom. The summed E-state index contributed by atoms with van der Waals surface area (Å²) >= 11 is 0. The van der Waals surface area contributed by atoms with Crippen LogP contribution in [0.3, 0.4) is 0 Å². The van der Waals surface area contributed by atoms with E-state index in [1.165, 1.54) is 11.1 Å². The summed E-state index contributed by atoms with van der Waals surface area (Å²) in [4.78, 5) is 2.81. The fourth-order valence-corrected chi connectivity index (χ4v) is 6.08. The molecule has 0 N–H and O–H groups in total. The van der Waals surface area contributed by atoms with Crippen molar-refractivity contribution in [3.63, 3.8) is 0 Å². The lowest BCUT2D eigenvalue weighted by atomic mass is 10.1. The monoisotopic (exact) mass is 334 g/mol. The molecule has 1 saturated carbocycles. The van der Waals surface area contributed by atoms with Gasteiger partial charge in [0.2, 0.25) is 10.0 Å². The smallest absolute Gasteiger partial charge is 0.243 e. The minimum absolute atomic E-state index is 0.178. The van der Waals surface area contributed by atoms with Crippen LogP contribution in [0.25, 0.3) is 0 Å². The van der Waals surface area contributed by atoms with E-state index in [4.69, 9.17) is 0 Å². The highest BCUT2D eigenvalue weighted by atomic mass is 32.2. The molecule has 2 aliphatic carbocycles. The standard InChI is InChI=1S/C18H26N2O2S/c1-19-11-9-17(10-12-19)20(16-6-7-16)23(21,22)18-8-5-14-3-2-4-15(14)13-18/h5,8,13,16-17H,2-4,6-7,9-12H2,1H3. The van der Waals surface area contributed by atoms with Crippen molar-refractivity contribution in [3.05, 3.63) is 29.3 Å². The van der Waals surface area contributed by atoms with Crippen molar-refractivity contribution >= 4 is 10.0 Å². The molecule has 0 radical (unpaired) electrons. The number of nitrogens with zero attached hydrogens (tertiary/aromatic N) is 2. The van der Waals surface area contributed by atoms with Crippen LogP contribution in [0.1, 0.15) is 43.2 Å². The molecule has 0 aromatic heterocycles. The van der Waals surface area contributed by atoms with Crippen LogP contribution in [-0.2, 0) is 22.9 Å². The molecule has 1 saturated heterocycles. The van der Waals surface area contributed by atoms with Crippen molar-refractivity contribution in [1.29, 1.82) is 0 Å². The average Bonchev–Trinajstić information content (AvgIpc) is 3.24. The fourth-order valence-electron chi connectivity index (χ4n) is 4.10. The summed E-state index contributed by atoms with van der Waals surface area (Å²) in [5.74, 6) is 0. The average molecular weight is 334 g/mol. The quantitative estimate of drug-likeness (QED) is 0.849. The molecular formula is C18H26N2O2S. The van der Waals surface area contributed by atoms with Crippen LogP contribution >= 0.6 is 0 Å². The van der Waals surface area contributed by atoms with Crippen molar-refractivity contribution in [2.75, 3.05) is 20.1 Å². The number of hydrogen-bond donors (Lipinski definition) is 0. The first kappa shape index (κ1) is 15.6. The maximum absolute atomic E-state index is 13.3. The van der Waals surface area contributed by atoms with Gasteiger partial charge in [0.05, 0.1) is 4.90 Å². The van der Waals surface area contributed by atoms with Crippen LogP contribution in [-0.4, -0.2) is 49.8 Å². The highest BCUT2D eigenvalue weighted by Gasteiger charge is 2.43. The third-order valence-electron chi connectivity index (χ3n) is 5.60. The molecule has 0 spiro atoms. The van der Waals surface area contributed by atoms with Gasteiger partial charge in [-0.15, -0.1) is 0 Å². The van der Waals surface area contributed by atoms with E-state index in [9.17, 15) is 8.42 Å². The van der Waals surface area contributed by atoms with E-state index in [1.54, 1.807) is 0 Å². The molecule has 1 heterocycles. The van der Waals surface area contributed by atoms with Crippen LogP contribution in [0.5, 0.6) is 0 Å². The van der Waals surface area contributed by atoms with Gasteiger partial charge in [0.1, 0.15) is 0 Å². The molecule has 0 bridgehead atoms. The Morgan fingerprint density at radius 1 is 1.00 bits per heavy atom. The molecule has 0 unspecified atom stereocenters. The SMILES string of the molecule is CN1CCC(N(C2CC2)S(=O)(=O)c2ccc3c(c2)CCC3)CC1. The molecule has 4 rings (SSSR count). The molecule has 0 amide bonds. The Bertz CT molecular complexity index is 689. The fraction of sp³-hybridized carbons (Fsp3) is 0.667. The second-order valence-corrected chi connectivity index (χ2v) is 9.23. The van der Waals surface area contributed by atoms with Gasteiger partial charge in [-0.05, 0) is 88.3 Å². The minimum Gasteiger partial charge on any atom is -0.306 e. The van der Waals surface area contributed by atoms with Crippen LogP contribution in [0.2, 0.25) is 0 Å². The predicted octanol–water partition coefficient (Wildman–Crippen LogP) is 2.42. The molecule has 4 nitrogen and oxygen atoms in total. The lowest BCUT2D eigenvalue weighted by molar-refractivity contribution is 0.178. The molecule has 2 fully saturated rings. The van der Waals surface area contributed by atoms with Gasteiger partial charge in [0.25, 0.3) is 0 Å². The molecular weight excluding hydrogens is 308 g/mol. The van der Waals surface area contributed by atoms with Crippen LogP contribution in [0, 0.1) is 0 Å². The first-order valence-corrected chi connectivity index (χ1v) is 10.3. The highest BCUT2D eigenvalue weighted by Crippen LogP contribution is 2.37. The van der Waals surface area contributed by atoms with Crippen molar-refractivity contribution in [2.45, 2.75) is 61.9 Å². The van der Waals surface area contributed by atoms with Crippen molar-refractivity contribution in [2.24, 2.45) is 0 Å². The molecule has 0 atom stereocenters. The summed E-state index contributed by atoms with van der Waals surface area (Å²) in [5, 5.41) is 0. The largest absolute Gasteiger partial charge is 0.306 e. The van der Waals surface area contributed by atoms with Crippen LogP contribution in [0.15, 0.2) is 23.1 Å². The number of rotatable bonds is 4. The van der Waals surface area contributed by atoms with Crippen molar-refractivity contribution < 1.29 is 8.42 Å². The number of piperidine rings is 1. The number of sulfonamides is 1. The Balaban J connectivity index is 1.64. The van der Waals surface area contributed by atoms with Gasteiger partial charge >= 0.3 is 0 Å². The summed E-state index contributed by atoms with van der Waals surface area (Å²) in [5.41, 5.74) is 2.58. The van der Waals surface area contributed by atoms with Gasteiger partial charge in [-0.1, -0.05) is 6.07 Å². The summed E-state index contributed by atoms with van der Waals surface area (Å²) in [7, 11) is -1.24. The Morgan fingerprint density at radius 3 is 2.35 bits per heavy atom. The van der Waals surface area contributed by atoms with E-state index < -0.39 is 10.0 Å². The van der Waals surface area contributed by atoms with E-state index in [-0.39, 0.29) is 12.1 Å². The maximum atomic E-state index is 13.3. The van der Waals surface area contributed by atoms with E-state index >= 15 is 0 Å². The number of likely N-dealkylation sites (tertiary alicyclic amines) is 1. The minimum atomic E-state index is -3.36. The third kappa shape index (κ3) is 2.94. The van der Waals surface area contributed by atoms with Crippen LogP contribution < -0.4 is 0 Å². The van der Waals surface area contributed by atoms with E-state index in [1.807, 2.05) is 22.5 Å². The molecule has 23 heavy (non-hydrogen) atoms. The summed E-state index contributed by atoms with van der Waals surface area (Å²) in [6.07, 6.45) is 7.23. The number of aryl methyl sites for hydroxylation is 2. The van der Waals surface area contributed by atoms with Gasteiger partial charge in [-0.3, -0.25) is 0 Å². The molecule has 1 aromatic carbocycles. The van der Waals surface area contributed by atoms with Gasteiger partial charge in [0, 0.05) is 12.1 Å². The van der Waals surface area contributed by atoms with Crippen LogP contribution in [0.4, 0.5) is 0 Å². The zero-order chi connectivity index (χ0) is 16.0. The number of fused-ring (bicyclic) bond motifs is 1. The topological polar surface area (TPSA) is 40.6 Å². The zero-order valence-electron chi connectivity index (χ0n) is 13.9. The van der Waals surface area contributed by atoms with Gasteiger partial charge in [0.15, 0.2) is 0 Å². The second-order valence-electron chi connectivity index (χ2n) is 7.38. The van der Waals surface area contributed by atoms with Crippen molar-refractivity contribution in [1.82, 2.24) is 9.21 Å². The van der Waals surface area contributed by atoms with E-state index in [0.29, 0.717) is 4.90 Å². The Labute approximate surface area is 139 Å². The Hall–Kier alpha value is -0.910. The highest BCUT2D eigenvalue weighted by molar-refractivity contribution is 7.89. The molecule has 5 heteroatoms. The Kier molecular flexibility index (Phi) is 3.98. The van der Waals surface area contributed by atoms with E-state index in [0.717, 1.165) is 58.0 Å². The predicted molar refractivity (Wildman–Crippen MR) is 91.0 cm³/mol. The number of hydrogen-bond acceptors (Lipinski definition) is 3. The zero-order valence-corrected chi connectivity index (χ0v) is 14.7. The summed E-state index contributed by atoms with van der Waals surface area (Å²) in [6, 6.07) is 6.24. The first-order chi connectivity index (χ1) is 11.1. The second kappa shape index (κ2) is 5.87. The first-order valence-electron chi connectivity index (χ1n) is 8.89. The van der Waals surface area contributed by atoms with Gasteiger partial charge in [-0.25, -0.2) is 8.42 Å². The molecule has 126 valence electrons. The third-order valence-corrected chi connectivity index (χ3v) is 7.60. The summed E-state index contributed by atoms with van der Waals surface area (Å²) < 4.78 is 28.5. The summed E-state index contributed by atoms with van der Waals surface area (Å²) in [6.45, 7) is 1.99. The van der Waals surface area contributed by atoms with E-state index in [2.05, 4.69) is 11.9 Å². The lowest BCUT2D eigenvalue weighted by Crippen LogP contribution is -2.47. The maximum Gasteiger partial charge on any atom is 0.243 e. The molecule has 3 aliphatic rings. The number of benzene rings is 1.